The molecule has 1 radical (unpaired) electrons. The molecule has 12 heavy (non-hydrogen) atoms. The minimum Gasteiger partial charge on any atom is -0.422 e. The predicted octanol–water partition coefficient (Wildman–Crippen LogP) is 1.94. The van der Waals surface area contributed by atoms with Crippen molar-refractivity contribution in [1.82, 2.24) is 0 Å². The van der Waals surface area contributed by atoms with Gasteiger partial charge < -0.3 is 4.42 Å². The Balaban J connectivity index is 2.99. The van der Waals surface area contributed by atoms with E-state index in [0.29, 0.717) is 11.0 Å². The van der Waals surface area contributed by atoms with Crippen molar-refractivity contribution in [2.24, 2.45) is 0 Å². The van der Waals surface area contributed by atoms with Crippen LogP contribution in [0.2, 0.25) is 0 Å². The summed E-state index contributed by atoms with van der Waals surface area (Å²) in [6, 6.07) is 7.61. The minimum atomic E-state index is -0.598. The average Bonchev–Trinajstić information content (AvgIpc) is 2.04. The minimum absolute atomic E-state index is 0.290. The molecular formula is C9H5O3. The monoisotopic (exact) mass is 161 g/mol. The van der Waals surface area contributed by atoms with Crippen LogP contribution in [0.3, 0.4) is 0 Å². The number of benzene rings is 1. The molecule has 0 fully saturated rings. The van der Waals surface area contributed by atoms with Gasteiger partial charge in [0, 0.05) is 0 Å². The Bertz CT molecular complexity index is 470. The molecule has 3 nitrogen and oxygen atoms in total. The molecular weight excluding hydrogens is 156 g/mol. The van der Waals surface area contributed by atoms with Crippen molar-refractivity contribution < 1.29 is 9.52 Å². The molecule has 1 aromatic carbocycles. The second-order valence-electron chi connectivity index (χ2n) is 2.43. The lowest BCUT2D eigenvalue weighted by atomic mass is 10.2. The summed E-state index contributed by atoms with van der Waals surface area (Å²) in [5, 5.41) is 11.6. The Kier molecular flexibility index (Phi) is 1.37. The Morgan fingerprint density at radius 1 is 1.17 bits per heavy atom. The molecule has 0 N–H and O–H groups in total. The highest BCUT2D eigenvalue weighted by molar-refractivity contribution is 5.82. The summed E-state index contributed by atoms with van der Waals surface area (Å²) in [6.07, 6.45) is 0. The van der Waals surface area contributed by atoms with Crippen LogP contribution in [-0.2, 0) is 5.11 Å². The summed E-state index contributed by atoms with van der Waals surface area (Å²) in [7, 11) is 0. The SMILES string of the molecule is [O]c1cc(=O)oc2ccccc12. The van der Waals surface area contributed by atoms with Crippen molar-refractivity contribution in [1.29, 1.82) is 0 Å². The van der Waals surface area contributed by atoms with Crippen LogP contribution in [0, 0.1) is 0 Å². The number of rotatable bonds is 0. The topological polar surface area (TPSA) is 50.1 Å². The normalized spacial score (nSPS) is 10.3. The van der Waals surface area contributed by atoms with Gasteiger partial charge in [-0.2, -0.15) is 0 Å². The van der Waals surface area contributed by atoms with Gasteiger partial charge in [-0.05, 0) is 12.1 Å². The molecule has 1 aromatic heterocycles. The van der Waals surface area contributed by atoms with Crippen molar-refractivity contribution in [3.05, 3.63) is 40.8 Å². The van der Waals surface area contributed by atoms with Gasteiger partial charge >= 0.3 is 5.63 Å². The van der Waals surface area contributed by atoms with Gasteiger partial charge in [-0.1, -0.05) is 12.1 Å². The van der Waals surface area contributed by atoms with E-state index in [4.69, 9.17) is 4.42 Å². The van der Waals surface area contributed by atoms with Crippen molar-refractivity contribution in [2.45, 2.75) is 0 Å². The van der Waals surface area contributed by atoms with Crippen LogP contribution in [0.5, 0.6) is 5.75 Å². The second-order valence-corrected chi connectivity index (χ2v) is 2.43. The third-order valence-corrected chi connectivity index (χ3v) is 1.61. The summed E-state index contributed by atoms with van der Waals surface area (Å²) >= 11 is 0. The van der Waals surface area contributed by atoms with Gasteiger partial charge in [0.1, 0.15) is 5.58 Å². The van der Waals surface area contributed by atoms with E-state index in [1.165, 1.54) is 0 Å². The zero-order valence-electron chi connectivity index (χ0n) is 6.11. The van der Waals surface area contributed by atoms with Gasteiger partial charge in [-0.15, -0.1) is 0 Å². The van der Waals surface area contributed by atoms with E-state index in [-0.39, 0.29) is 5.75 Å². The maximum Gasteiger partial charge on any atom is 0.340 e. The molecule has 0 aliphatic heterocycles. The van der Waals surface area contributed by atoms with Crippen LogP contribution in [0.25, 0.3) is 11.0 Å². The molecule has 0 amide bonds. The van der Waals surface area contributed by atoms with Crippen LogP contribution in [-0.4, -0.2) is 0 Å². The smallest absolute Gasteiger partial charge is 0.340 e. The number of hydrogen-bond donors (Lipinski definition) is 0. The highest BCUT2D eigenvalue weighted by atomic mass is 16.4. The fraction of sp³-hybridized carbons (Fsp3) is 0. The fourth-order valence-electron chi connectivity index (χ4n) is 1.08. The third kappa shape index (κ3) is 0.955. The highest BCUT2D eigenvalue weighted by Crippen LogP contribution is 2.21. The largest absolute Gasteiger partial charge is 0.422 e. The zero-order valence-corrected chi connectivity index (χ0v) is 6.11. The molecule has 0 aliphatic rings. The molecule has 59 valence electrons. The van der Waals surface area contributed by atoms with Gasteiger partial charge in [0.2, 0.25) is 0 Å². The van der Waals surface area contributed by atoms with Crippen LogP contribution in [0.1, 0.15) is 0 Å². The van der Waals surface area contributed by atoms with Crippen molar-refractivity contribution in [2.75, 3.05) is 0 Å². The first-order valence-electron chi connectivity index (χ1n) is 3.47. The molecule has 0 unspecified atom stereocenters. The van der Waals surface area contributed by atoms with E-state index in [2.05, 4.69) is 0 Å². The summed E-state index contributed by atoms with van der Waals surface area (Å²) in [4.78, 5) is 10.7. The summed E-state index contributed by atoms with van der Waals surface area (Å²) in [5.74, 6) is -0.290. The molecule has 3 heteroatoms. The molecule has 0 bridgehead atoms. The summed E-state index contributed by atoms with van der Waals surface area (Å²) in [6.45, 7) is 0. The number of hydrogen-bond acceptors (Lipinski definition) is 2. The van der Waals surface area contributed by atoms with Gasteiger partial charge in [0.05, 0.1) is 11.5 Å². The third-order valence-electron chi connectivity index (χ3n) is 1.61. The van der Waals surface area contributed by atoms with Crippen LogP contribution < -0.4 is 5.63 Å². The summed E-state index contributed by atoms with van der Waals surface area (Å²) < 4.78 is 4.79. The highest BCUT2D eigenvalue weighted by Gasteiger charge is 2.03. The lowest BCUT2D eigenvalue weighted by Crippen LogP contribution is -1.94. The summed E-state index contributed by atoms with van der Waals surface area (Å²) in [5.41, 5.74) is -0.256. The molecule has 0 saturated heterocycles. The van der Waals surface area contributed by atoms with Crippen LogP contribution in [0.4, 0.5) is 0 Å². The van der Waals surface area contributed by atoms with Crippen LogP contribution >= 0.6 is 0 Å². The maximum absolute atomic E-state index is 11.1. The maximum atomic E-state index is 11.1. The number of fused-ring (bicyclic) bond motifs is 1. The Morgan fingerprint density at radius 3 is 2.75 bits per heavy atom. The predicted molar refractivity (Wildman–Crippen MR) is 42.6 cm³/mol. The average molecular weight is 161 g/mol. The van der Waals surface area contributed by atoms with E-state index in [1.54, 1.807) is 24.3 Å². The molecule has 2 rings (SSSR count). The number of para-hydroxylation sites is 1. The first-order chi connectivity index (χ1) is 5.77. The van der Waals surface area contributed by atoms with Gasteiger partial charge in [-0.25, -0.2) is 4.79 Å². The van der Waals surface area contributed by atoms with E-state index in [1.807, 2.05) is 0 Å². The lowest BCUT2D eigenvalue weighted by Gasteiger charge is -1.93. The van der Waals surface area contributed by atoms with E-state index < -0.39 is 5.63 Å². The zero-order chi connectivity index (χ0) is 8.55. The van der Waals surface area contributed by atoms with Crippen molar-refractivity contribution >= 4 is 11.0 Å². The molecule has 0 saturated carbocycles. The van der Waals surface area contributed by atoms with E-state index in [9.17, 15) is 9.90 Å². The van der Waals surface area contributed by atoms with Crippen molar-refractivity contribution in [3.8, 4) is 5.75 Å². The Hall–Kier alpha value is -1.77. The van der Waals surface area contributed by atoms with Crippen LogP contribution in [0.15, 0.2) is 39.5 Å². The Morgan fingerprint density at radius 2 is 1.92 bits per heavy atom. The van der Waals surface area contributed by atoms with Crippen molar-refractivity contribution in [3.63, 3.8) is 0 Å². The second kappa shape index (κ2) is 2.37. The Labute approximate surface area is 67.9 Å². The first-order valence-corrected chi connectivity index (χ1v) is 3.47. The molecule has 0 aliphatic carbocycles. The first kappa shape index (κ1) is 6.91. The fourth-order valence-corrected chi connectivity index (χ4v) is 1.08. The molecule has 2 aromatic rings. The molecule has 0 spiro atoms. The lowest BCUT2D eigenvalue weighted by molar-refractivity contribution is 0.355. The molecule has 0 atom stereocenters. The quantitative estimate of drug-likeness (QED) is 0.554. The van der Waals surface area contributed by atoms with E-state index >= 15 is 0 Å². The molecule has 1 heterocycles. The van der Waals surface area contributed by atoms with Gasteiger partial charge in [0.25, 0.3) is 0 Å². The standard InChI is InChI=1S/C9H5O3/c10-7-5-9(11)12-8-4-2-1-3-6(7)8/h1-5H. The van der Waals surface area contributed by atoms with Gasteiger partial charge in [-0.3, -0.25) is 5.11 Å². The van der Waals surface area contributed by atoms with Gasteiger partial charge in [0.15, 0.2) is 5.75 Å². The van der Waals surface area contributed by atoms with E-state index in [0.717, 1.165) is 6.07 Å².